The minimum absolute atomic E-state index is 0.0310. The van der Waals surface area contributed by atoms with E-state index < -0.39 is 24.0 Å². The molecule has 4 rings (SSSR count). The Labute approximate surface area is 201 Å². The van der Waals surface area contributed by atoms with Crippen molar-refractivity contribution < 1.29 is 22.8 Å². The third-order valence-corrected chi connectivity index (χ3v) is 6.01. The van der Waals surface area contributed by atoms with Crippen LogP contribution in [0, 0.1) is 5.92 Å². The van der Waals surface area contributed by atoms with Crippen LogP contribution in [0.3, 0.4) is 0 Å². The molecule has 1 aromatic heterocycles. The van der Waals surface area contributed by atoms with Gasteiger partial charge in [0, 0.05) is 20.0 Å². The summed E-state index contributed by atoms with van der Waals surface area (Å²) in [5, 5.41) is 5.83. The molecule has 1 unspecified atom stereocenters. The summed E-state index contributed by atoms with van der Waals surface area (Å²) < 4.78 is 42.0. The molecule has 1 aliphatic rings. The van der Waals surface area contributed by atoms with E-state index >= 15 is 0 Å². The van der Waals surface area contributed by atoms with Gasteiger partial charge in [0.15, 0.2) is 6.04 Å². The minimum atomic E-state index is -4.74. The summed E-state index contributed by atoms with van der Waals surface area (Å²) in [6.07, 6.45) is -3.52. The Bertz CT molecular complexity index is 1120. The van der Waals surface area contributed by atoms with Crippen LogP contribution >= 0.6 is 0 Å². The summed E-state index contributed by atoms with van der Waals surface area (Å²) >= 11 is 0. The number of alkyl halides is 3. The lowest BCUT2D eigenvalue weighted by Gasteiger charge is -2.31. The maximum Gasteiger partial charge on any atom is 0.414 e. The topological polar surface area (TPSA) is 74.3 Å². The number of halogens is 3. The summed E-state index contributed by atoms with van der Waals surface area (Å²) in [4.78, 5) is 28.8. The number of nitrogens with zero attached hydrogens (tertiary/aromatic N) is 2. The Morgan fingerprint density at radius 3 is 2.09 bits per heavy atom. The molecule has 1 saturated heterocycles. The minimum Gasteiger partial charge on any atom is -0.373 e. The molecule has 0 aliphatic carbocycles. The van der Waals surface area contributed by atoms with Crippen molar-refractivity contribution in [3.8, 4) is 0 Å². The monoisotopic (exact) mass is 482 g/mol. The van der Waals surface area contributed by atoms with Crippen LogP contribution in [-0.4, -0.2) is 41.5 Å². The number of nitrogens with one attached hydrogen (secondary N) is 2. The first kappa shape index (κ1) is 24.3. The predicted molar refractivity (Wildman–Crippen MR) is 125 cm³/mol. The molecule has 2 aromatic carbocycles. The molecule has 0 saturated carbocycles. The molecule has 2 atom stereocenters. The zero-order chi connectivity index (χ0) is 25.0. The number of aromatic nitrogens is 1. The lowest BCUT2D eigenvalue weighted by molar-refractivity contribution is -0.191. The number of hydrogen-bond acceptors (Lipinski definition) is 4. The van der Waals surface area contributed by atoms with E-state index in [0.29, 0.717) is 10.6 Å². The molecule has 6 nitrogen and oxygen atoms in total. The van der Waals surface area contributed by atoms with Crippen LogP contribution in [-0.2, 0) is 9.59 Å². The molecule has 2 heterocycles. The standard InChI is InChI=1S/C26H25F3N4O2/c1-33(25(35)19-14-22(34)31-15-19)24(26(27,28)29)21-13-12-20(16-30-21)32-23(17-8-4-2-5-9-17)18-10-6-3-7-11-18/h2-13,16,19,23-24,32H,14-15H2,1H3,(H,31,34)/t19?,24-/m0/s1. The maximum atomic E-state index is 14.0. The molecule has 9 heteroatoms. The largest absolute Gasteiger partial charge is 0.414 e. The van der Waals surface area contributed by atoms with E-state index in [-0.39, 0.29) is 30.6 Å². The van der Waals surface area contributed by atoms with Crippen molar-refractivity contribution in [3.05, 3.63) is 95.8 Å². The van der Waals surface area contributed by atoms with Crippen molar-refractivity contribution in [1.29, 1.82) is 0 Å². The van der Waals surface area contributed by atoms with Crippen LogP contribution in [0.1, 0.15) is 35.3 Å². The number of carbonyl (C=O) groups is 2. The summed E-state index contributed by atoms with van der Waals surface area (Å²) in [6.45, 7) is 0.0310. The van der Waals surface area contributed by atoms with Gasteiger partial charge in [-0.15, -0.1) is 0 Å². The first-order valence-electron chi connectivity index (χ1n) is 11.2. The molecule has 1 fully saturated rings. The quantitative estimate of drug-likeness (QED) is 0.521. The van der Waals surface area contributed by atoms with Crippen molar-refractivity contribution in [2.24, 2.45) is 5.92 Å². The van der Waals surface area contributed by atoms with Gasteiger partial charge in [-0.05, 0) is 23.3 Å². The highest BCUT2D eigenvalue weighted by Gasteiger charge is 2.47. The van der Waals surface area contributed by atoms with Gasteiger partial charge >= 0.3 is 6.18 Å². The molecule has 1 aliphatic heterocycles. The van der Waals surface area contributed by atoms with Gasteiger partial charge in [-0.1, -0.05) is 60.7 Å². The average molecular weight is 483 g/mol. The lowest BCUT2D eigenvalue weighted by Crippen LogP contribution is -2.43. The molecule has 3 aromatic rings. The zero-order valence-electron chi connectivity index (χ0n) is 19.0. The number of benzene rings is 2. The number of carbonyl (C=O) groups excluding carboxylic acids is 2. The Morgan fingerprint density at radius 1 is 1.03 bits per heavy atom. The van der Waals surface area contributed by atoms with E-state index in [0.717, 1.165) is 18.2 Å². The van der Waals surface area contributed by atoms with Crippen LogP contribution in [0.15, 0.2) is 79.0 Å². The van der Waals surface area contributed by atoms with E-state index in [9.17, 15) is 22.8 Å². The van der Waals surface area contributed by atoms with Crippen LogP contribution in [0.4, 0.5) is 18.9 Å². The maximum absolute atomic E-state index is 14.0. The SMILES string of the molecule is CN(C(=O)C1CNC(=O)C1)[C@@H](c1ccc(NC(c2ccccc2)c2ccccc2)cn1)C(F)(F)F. The third-order valence-electron chi connectivity index (χ3n) is 6.01. The van der Waals surface area contributed by atoms with E-state index in [4.69, 9.17) is 0 Å². The molecule has 0 spiro atoms. The molecule has 0 radical (unpaired) electrons. The number of anilines is 1. The summed E-state index contributed by atoms with van der Waals surface area (Å²) in [7, 11) is 1.10. The highest BCUT2D eigenvalue weighted by Crippen LogP contribution is 2.37. The normalized spacial score (nSPS) is 16.6. The van der Waals surface area contributed by atoms with Crippen LogP contribution in [0.2, 0.25) is 0 Å². The van der Waals surface area contributed by atoms with Crippen molar-refractivity contribution in [3.63, 3.8) is 0 Å². The Morgan fingerprint density at radius 2 is 1.63 bits per heavy atom. The first-order valence-corrected chi connectivity index (χ1v) is 11.2. The molecule has 2 N–H and O–H groups in total. The zero-order valence-corrected chi connectivity index (χ0v) is 19.0. The molecular formula is C26H25F3N4O2. The van der Waals surface area contributed by atoms with E-state index in [2.05, 4.69) is 15.6 Å². The molecule has 182 valence electrons. The Kier molecular flexibility index (Phi) is 7.04. The second-order valence-corrected chi connectivity index (χ2v) is 8.47. The van der Waals surface area contributed by atoms with Gasteiger partial charge < -0.3 is 15.5 Å². The van der Waals surface area contributed by atoms with Crippen molar-refractivity contribution in [1.82, 2.24) is 15.2 Å². The van der Waals surface area contributed by atoms with Gasteiger partial charge in [-0.25, -0.2) is 0 Å². The Balaban J connectivity index is 1.58. The first-order chi connectivity index (χ1) is 16.7. The van der Waals surface area contributed by atoms with Crippen molar-refractivity contribution in [2.75, 3.05) is 18.9 Å². The summed E-state index contributed by atoms with van der Waals surface area (Å²) in [5.41, 5.74) is 2.21. The van der Waals surface area contributed by atoms with Crippen molar-refractivity contribution in [2.45, 2.75) is 24.7 Å². The van der Waals surface area contributed by atoms with E-state index in [1.54, 1.807) is 0 Å². The fourth-order valence-electron chi connectivity index (χ4n) is 4.25. The van der Waals surface area contributed by atoms with Gasteiger partial charge in [-0.3, -0.25) is 14.6 Å². The lowest BCUT2D eigenvalue weighted by atomic mass is 9.98. The smallest absolute Gasteiger partial charge is 0.373 e. The van der Waals surface area contributed by atoms with Crippen LogP contribution < -0.4 is 10.6 Å². The number of rotatable bonds is 7. The molecule has 35 heavy (non-hydrogen) atoms. The fraction of sp³-hybridized carbons (Fsp3) is 0.269. The van der Waals surface area contributed by atoms with Crippen molar-refractivity contribution >= 4 is 17.5 Å². The van der Waals surface area contributed by atoms with E-state index in [1.165, 1.54) is 18.3 Å². The second kappa shape index (κ2) is 10.2. The number of hydrogen-bond donors (Lipinski definition) is 2. The highest BCUT2D eigenvalue weighted by atomic mass is 19.4. The number of pyridine rings is 1. The van der Waals surface area contributed by atoms with Crippen LogP contribution in [0.5, 0.6) is 0 Å². The van der Waals surface area contributed by atoms with Gasteiger partial charge in [0.25, 0.3) is 0 Å². The summed E-state index contributed by atoms with van der Waals surface area (Å²) in [5.74, 6) is -1.92. The average Bonchev–Trinajstić information content (AvgIpc) is 3.29. The second-order valence-electron chi connectivity index (χ2n) is 8.47. The molecule has 0 bridgehead atoms. The molecular weight excluding hydrogens is 457 g/mol. The fourth-order valence-corrected chi connectivity index (χ4v) is 4.25. The predicted octanol–water partition coefficient (Wildman–Crippen LogP) is 4.48. The van der Waals surface area contributed by atoms with Gasteiger partial charge in [0.1, 0.15) is 0 Å². The Hall–Kier alpha value is -3.88. The van der Waals surface area contributed by atoms with E-state index in [1.807, 2.05) is 60.7 Å². The van der Waals surface area contributed by atoms with Gasteiger partial charge in [0.2, 0.25) is 11.8 Å². The van der Waals surface area contributed by atoms with Gasteiger partial charge in [-0.2, -0.15) is 13.2 Å². The van der Waals surface area contributed by atoms with Gasteiger partial charge in [0.05, 0.1) is 29.5 Å². The summed E-state index contributed by atoms with van der Waals surface area (Å²) in [6, 6.07) is 19.7. The highest BCUT2D eigenvalue weighted by molar-refractivity contribution is 5.89. The number of amides is 2. The van der Waals surface area contributed by atoms with Crippen LogP contribution in [0.25, 0.3) is 0 Å². The molecule has 2 amide bonds. The third kappa shape index (κ3) is 5.62.